The van der Waals surface area contributed by atoms with Crippen molar-refractivity contribution >= 4 is 34.8 Å². The van der Waals surface area contributed by atoms with E-state index in [0.29, 0.717) is 23.7 Å². The summed E-state index contributed by atoms with van der Waals surface area (Å²) in [7, 11) is 2.14. The Kier molecular flexibility index (Phi) is 8.63. The Morgan fingerprint density at radius 3 is 2.26 bits per heavy atom. The second-order valence-electron chi connectivity index (χ2n) is 12.3. The lowest BCUT2D eigenvalue weighted by molar-refractivity contribution is 0.0931. The normalized spacial score (nSPS) is 18.0. The summed E-state index contributed by atoms with van der Waals surface area (Å²) in [4.78, 5) is 41.1. The van der Waals surface area contributed by atoms with Crippen molar-refractivity contribution in [1.82, 2.24) is 20.2 Å². The molecule has 1 aromatic heterocycles. The highest BCUT2D eigenvalue weighted by Gasteiger charge is 2.25. The lowest BCUT2D eigenvalue weighted by atomic mass is 9.86. The number of hydrogen-bond acceptors (Lipinski definition) is 8. The number of likely N-dealkylation sites (N-methyl/N-ethyl adjacent to an activating group) is 1. The van der Waals surface area contributed by atoms with Gasteiger partial charge < -0.3 is 31.1 Å². The number of aromatic nitrogens is 2. The number of amides is 2. The van der Waals surface area contributed by atoms with Crippen LogP contribution in [-0.4, -0.2) is 79.0 Å². The number of hydrogen-bond donors (Lipinski definition) is 3. The molecule has 3 heterocycles. The second-order valence-corrected chi connectivity index (χ2v) is 12.3. The van der Waals surface area contributed by atoms with Crippen molar-refractivity contribution in [2.45, 2.75) is 45.1 Å². The lowest BCUT2D eigenvalue weighted by Crippen LogP contribution is -2.48. The van der Waals surface area contributed by atoms with E-state index in [9.17, 15) is 9.59 Å². The maximum atomic E-state index is 13.0. The molecule has 0 spiro atoms. The first-order valence-electron chi connectivity index (χ1n) is 14.7. The van der Waals surface area contributed by atoms with E-state index in [4.69, 9.17) is 10.7 Å². The van der Waals surface area contributed by atoms with Gasteiger partial charge >= 0.3 is 0 Å². The van der Waals surface area contributed by atoms with Crippen molar-refractivity contribution in [2.24, 2.45) is 5.73 Å². The molecular formula is C32H42N8O2. The van der Waals surface area contributed by atoms with E-state index in [1.54, 1.807) is 6.20 Å². The number of nitrogens with zero attached hydrogens (tertiary/aromatic N) is 5. The van der Waals surface area contributed by atoms with Crippen LogP contribution in [0.2, 0.25) is 0 Å². The first-order chi connectivity index (χ1) is 20.1. The number of nitrogens with two attached hydrogens (primary N) is 1. The molecule has 2 aliphatic rings. The number of piperidine rings is 1. The van der Waals surface area contributed by atoms with Gasteiger partial charge in [-0.25, -0.2) is 9.97 Å². The molecule has 10 heteroatoms. The third-order valence-corrected chi connectivity index (χ3v) is 8.09. The van der Waals surface area contributed by atoms with E-state index in [2.05, 4.69) is 70.3 Å². The van der Waals surface area contributed by atoms with Crippen molar-refractivity contribution in [3.8, 4) is 0 Å². The van der Waals surface area contributed by atoms with Gasteiger partial charge in [-0.1, -0.05) is 32.9 Å². The predicted molar refractivity (Wildman–Crippen MR) is 168 cm³/mol. The van der Waals surface area contributed by atoms with Crippen molar-refractivity contribution in [2.75, 3.05) is 61.4 Å². The number of benzene rings is 2. The minimum Gasteiger partial charge on any atom is -0.369 e. The first kappa shape index (κ1) is 29.3. The molecule has 2 saturated heterocycles. The second kappa shape index (κ2) is 12.4. The highest BCUT2D eigenvalue weighted by molar-refractivity contribution is 5.96. The van der Waals surface area contributed by atoms with Crippen molar-refractivity contribution in [3.63, 3.8) is 0 Å². The molecular weight excluding hydrogens is 528 g/mol. The SMILES string of the molecule is CN1CCN(c2ccc(Nc3nc(N4CCCC(NC(=O)c5ccc(C(C)(C)C)cc5)C4)cnc3C(N)=O)cc2)CC1. The summed E-state index contributed by atoms with van der Waals surface area (Å²) in [5.41, 5.74) is 9.56. The van der Waals surface area contributed by atoms with Gasteiger partial charge in [0.05, 0.1) is 6.20 Å². The van der Waals surface area contributed by atoms with Crippen LogP contribution >= 0.6 is 0 Å². The molecule has 2 amide bonds. The first-order valence-corrected chi connectivity index (χ1v) is 14.7. The molecule has 2 aromatic carbocycles. The fourth-order valence-corrected chi connectivity index (χ4v) is 5.45. The fraction of sp³-hybridized carbons (Fsp3) is 0.438. The van der Waals surface area contributed by atoms with Crippen molar-refractivity contribution in [1.29, 1.82) is 0 Å². The zero-order valence-electron chi connectivity index (χ0n) is 25.1. The highest BCUT2D eigenvalue weighted by Crippen LogP contribution is 2.26. The molecule has 1 unspecified atom stereocenters. The summed E-state index contributed by atoms with van der Waals surface area (Å²) in [6, 6.07) is 15.9. The van der Waals surface area contributed by atoms with Gasteiger partial charge in [-0.05, 0) is 67.3 Å². The number of piperazine rings is 1. The van der Waals surface area contributed by atoms with Crippen LogP contribution in [0.4, 0.5) is 23.0 Å². The maximum Gasteiger partial charge on any atom is 0.271 e. The Hall–Kier alpha value is -4.18. The smallest absolute Gasteiger partial charge is 0.271 e. The van der Waals surface area contributed by atoms with E-state index in [1.165, 1.54) is 5.56 Å². The topological polar surface area (TPSA) is 120 Å². The van der Waals surface area contributed by atoms with Gasteiger partial charge in [0.2, 0.25) is 0 Å². The molecule has 0 radical (unpaired) electrons. The van der Waals surface area contributed by atoms with Crippen LogP contribution in [0.3, 0.4) is 0 Å². The Balaban J connectivity index is 1.26. The Morgan fingerprint density at radius 1 is 0.929 bits per heavy atom. The highest BCUT2D eigenvalue weighted by atomic mass is 16.2. The summed E-state index contributed by atoms with van der Waals surface area (Å²) in [5.74, 6) is 0.217. The monoisotopic (exact) mass is 570 g/mol. The van der Waals surface area contributed by atoms with Gasteiger partial charge in [-0.3, -0.25) is 9.59 Å². The number of carbonyl (C=O) groups excluding carboxylic acids is 2. The third kappa shape index (κ3) is 6.99. The lowest BCUT2D eigenvalue weighted by Gasteiger charge is -2.34. The van der Waals surface area contributed by atoms with E-state index in [1.807, 2.05) is 36.4 Å². The molecule has 0 saturated carbocycles. The average molecular weight is 571 g/mol. The largest absolute Gasteiger partial charge is 0.369 e. The predicted octanol–water partition coefficient (Wildman–Crippen LogP) is 3.77. The van der Waals surface area contributed by atoms with Crippen LogP contribution in [0, 0.1) is 0 Å². The molecule has 10 nitrogen and oxygen atoms in total. The molecule has 5 rings (SSSR count). The van der Waals surface area contributed by atoms with Crippen molar-refractivity contribution < 1.29 is 9.59 Å². The van der Waals surface area contributed by atoms with E-state index in [-0.39, 0.29) is 23.1 Å². The fourth-order valence-electron chi connectivity index (χ4n) is 5.45. The summed E-state index contributed by atoms with van der Waals surface area (Å²) in [6.45, 7) is 11.9. The number of nitrogens with one attached hydrogen (secondary N) is 2. The van der Waals surface area contributed by atoms with Crippen LogP contribution in [0.25, 0.3) is 0 Å². The van der Waals surface area contributed by atoms with Crippen LogP contribution in [0.15, 0.2) is 54.7 Å². The minimum absolute atomic E-state index is 0.0335. The standard InChI is InChI=1S/C32H42N8O2/c1-32(2,3)23-9-7-22(8-10-23)31(42)36-25-6-5-15-40(21-25)27-20-34-28(29(33)41)30(37-27)35-24-11-13-26(14-12-24)39-18-16-38(4)17-19-39/h7-14,20,25H,5-6,15-19,21H2,1-4H3,(H2,33,41)(H,35,37)(H,36,42). The Morgan fingerprint density at radius 2 is 1.62 bits per heavy atom. The summed E-state index contributed by atoms with van der Waals surface area (Å²) < 4.78 is 0. The number of rotatable bonds is 7. The molecule has 42 heavy (non-hydrogen) atoms. The van der Waals surface area contributed by atoms with Crippen LogP contribution in [-0.2, 0) is 5.41 Å². The van der Waals surface area contributed by atoms with Crippen LogP contribution < -0.4 is 26.2 Å². The molecule has 2 fully saturated rings. The van der Waals surface area contributed by atoms with E-state index >= 15 is 0 Å². The van der Waals surface area contributed by atoms with E-state index in [0.717, 1.165) is 56.9 Å². The molecule has 0 aliphatic carbocycles. The quantitative estimate of drug-likeness (QED) is 0.393. The van der Waals surface area contributed by atoms with Crippen LogP contribution in [0.5, 0.6) is 0 Å². The number of anilines is 4. The molecule has 1 atom stereocenters. The van der Waals surface area contributed by atoms with Gasteiger partial charge in [0.1, 0.15) is 5.82 Å². The molecule has 222 valence electrons. The summed E-state index contributed by atoms with van der Waals surface area (Å²) in [6.07, 6.45) is 3.35. The van der Waals surface area contributed by atoms with Gasteiger partial charge in [0.25, 0.3) is 11.8 Å². The average Bonchev–Trinajstić information content (AvgIpc) is 2.97. The zero-order valence-corrected chi connectivity index (χ0v) is 25.1. The molecule has 3 aromatic rings. The molecule has 4 N–H and O–H groups in total. The molecule has 2 aliphatic heterocycles. The maximum absolute atomic E-state index is 13.0. The van der Waals surface area contributed by atoms with Gasteiger partial charge in [-0.15, -0.1) is 0 Å². The zero-order chi connectivity index (χ0) is 29.9. The van der Waals surface area contributed by atoms with E-state index < -0.39 is 5.91 Å². The Labute approximate surface area is 248 Å². The summed E-state index contributed by atoms with van der Waals surface area (Å²) >= 11 is 0. The number of carbonyl (C=O) groups is 2. The summed E-state index contributed by atoms with van der Waals surface area (Å²) in [5, 5.41) is 6.44. The minimum atomic E-state index is -0.646. The van der Waals surface area contributed by atoms with Gasteiger partial charge in [0, 0.05) is 62.2 Å². The number of primary amides is 1. The van der Waals surface area contributed by atoms with Gasteiger partial charge in [-0.2, -0.15) is 0 Å². The van der Waals surface area contributed by atoms with Crippen LogP contribution in [0.1, 0.15) is 60.0 Å². The van der Waals surface area contributed by atoms with Gasteiger partial charge in [0.15, 0.2) is 11.5 Å². The van der Waals surface area contributed by atoms with Crippen molar-refractivity contribution in [3.05, 3.63) is 71.5 Å². The molecule has 0 bridgehead atoms. The third-order valence-electron chi connectivity index (χ3n) is 8.09. The Bertz CT molecular complexity index is 1390.